The van der Waals surface area contributed by atoms with Gasteiger partial charge in [0.05, 0.1) is 6.33 Å². The van der Waals surface area contributed by atoms with Crippen molar-refractivity contribution in [1.29, 1.82) is 0 Å². The van der Waals surface area contributed by atoms with Crippen molar-refractivity contribution in [1.82, 2.24) is 14.9 Å². The minimum atomic E-state index is -0.602. The molecular formula is C17H21N3O3. The van der Waals surface area contributed by atoms with Gasteiger partial charge in [0, 0.05) is 24.8 Å². The van der Waals surface area contributed by atoms with E-state index in [0.717, 1.165) is 12.1 Å². The minimum absolute atomic E-state index is 0.111. The number of ether oxygens (including phenoxy) is 1. The SMILES string of the molecule is CCc1cc(=O)n(CCNC(=O)C(C)Oc2ccccc2)cn1. The normalized spacial score (nSPS) is 11.7. The molecule has 23 heavy (non-hydrogen) atoms. The fourth-order valence-electron chi connectivity index (χ4n) is 2.02. The molecule has 0 spiro atoms. The fraction of sp³-hybridized carbons (Fsp3) is 0.353. The molecule has 0 aliphatic carbocycles. The first-order chi connectivity index (χ1) is 11.1. The van der Waals surface area contributed by atoms with Crippen molar-refractivity contribution in [3.8, 4) is 5.75 Å². The van der Waals surface area contributed by atoms with Gasteiger partial charge in [0.25, 0.3) is 11.5 Å². The highest BCUT2D eigenvalue weighted by molar-refractivity contribution is 5.80. The van der Waals surface area contributed by atoms with Crippen molar-refractivity contribution in [3.63, 3.8) is 0 Å². The van der Waals surface area contributed by atoms with Crippen LogP contribution in [0, 0.1) is 0 Å². The van der Waals surface area contributed by atoms with Crippen LogP contribution in [-0.4, -0.2) is 28.1 Å². The summed E-state index contributed by atoms with van der Waals surface area (Å²) in [5.74, 6) is 0.422. The molecule has 0 radical (unpaired) electrons. The number of hydrogen-bond acceptors (Lipinski definition) is 4. The van der Waals surface area contributed by atoms with E-state index >= 15 is 0 Å². The van der Waals surface area contributed by atoms with Crippen molar-refractivity contribution < 1.29 is 9.53 Å². The zero-order valence-corrected chi connectivity index (χ0v) is 13.4. The van der Waals surface area contributed by atoms with Gasteiger partial charge in [-0.25, -0.2) is 4.98 Å². The molecular weight excluding hydrogens is 294 g/mol. The van der Waals surface area contributed by atoms with Crippen LogP contribution in [0.5, 0.6) is 5.75 Å². The lowest BCUT2D eigenvalue weighted by Crippen LogP contribution is -2.38. The van der Waals surface area contributed by atoms with Crippen molar-refractivity contribution >= 4 is 5.91 Å². The van der Waals surface area contributed by atoms with Gasteiger partial charge in [-0.05, 0) is 25.5 Å². The van der Waals surface area contributed by atoms with Gasteiger partial charge in [-0.2, -0.15) is 0 Å². The molecule has 0 aliphatic heterocycles. The Morgan fingerprint density at radius 1 is 1.35 bits per heavy atom. The standard InChI is InChI=1S/C17H21N3O3/c1-3-14-11-16(21)20(12-19-14)10-9-18-17(22)13(2)23-15-7-5-4-6-8-15/h4-8,11-13H,3,9-10H2,1-2H3,(H,18,22). The molecule has 0 fully saturated rings. The number of aryl methyl sites for hydroxylation is 1. The average Bonchev–Trinajstić information content (AvgIpc) is 2.57. The summed E-state index contributed by atoms with van der Waals surface area (Å²) in [4.78, 5) is 28.0. The predicted octanol–water partition coefficient (Wildman–Crippen LogP) is 1.39. The zero-order valence-electron chi connectivity index (χ0n) is 13.4. The summed E-state index contributed by atoms with van der Waals surface area (Å²) in [6.07, 6.45) is 1.63. The average molecular weight is 315 g/mol. The second kappa shape index (κ2) is 8.12. The van der Waals surface area contributed by atoms with E-state index in [1.54, 1.807) is 19.1 Å². The van der Waals surface area contributed by atoms with Gasteiger partial charge >= 0.3 is 0 Å². The first-order valence-corrected chi connectivity index (χ1v) is 7.65. The van der Waals surface area contributed by atoms with Crippen LogP contribution < -0.4 is 15.6 Å². The van der Waals surface area contributed by atoms with Gasteiger partial charge in [-0.1, -0.05) is 25.1 Å². The summed E-state index contributed by atoms with van der Waals surface area (Å²) < 4.78 is 7.01. The third-order valence-corrected chi connectivity index (χ3v) is 3.38. The van der Waals surface area contributed by atoms with Gasteiger partial charge in [0.2, 0.25) is 0 Å². The van der Waals surface area contributed by atoms with Gasteiger partial charge < -0.3 is 10.1 Å². The fourth-order valence-corrected chi connectivity index (χ4v) is 2.02. The quantitative estimate of drug-likeness (QED) is 0.838. The second-order valence-corrected chi connectivity index (χ2v) is 5.13. The maximum absolute atomic E-state index is 12.0. The molecule has 1 aromatic carbocycles. The van der Waals surface area contributed by atoms with Crippen molar-refractivity contribution in [3.05, 3.63) is 58.8 Å². The monoisotopic (exact) mass is 315 g/mol. The van der Waals surface area contributed by atoms with E-state index in [1.165, 1.54) is 17.0 Å². The minimum Gasteiger partial charge on any atom is -0.481 e. The zero-order chi connectivity index (χ0) is 16.7. The summed E-state index contributed by atoms with van der Waals surface area (Å²) in [7, 11) is 0. The number of benzene rings is 1. The summed E-state index contributed by atoms with van der Waals surface area (Å²) in [5.41, 5.74) is 0.653. The molecule has 2 rings (SSSR count). The number of hydrogen-bond donors (Lipinski definition) is 1. The maximum Gasteiger partial charge on any atom is 0.260 e. The van der Waals surface area contributed by atoms with Gasteiger partial charge in [-0.3, -0.25) is 14.2 Å². The Labute approximate surface area is 135 Å². The Hall–Kier alpha value is -2.63. The van der Waals surface area contributed by atoms with Gasteiger partial charge in [0.1, 0.15) is 5.75 Å². The highest BCUT2D eigenvalue weighted by Gasteiger charge is 2.13. The lowest BCUT2D eigenvalue weighted by Gasteiger charge is -2.15. The van der Waals surface area contributed by atoms with Crippen LogP contribution in [0.25, 0.3) is 0 Å². The lowest BCUT2D eigenvalue weighted by atomic mass is 10.3. The van der Waals surface area contributed by atoms with Crippen LogP contribution in [0.2, 0.25) is 0 Å². The Balaban J connectivity index is 1.81. The van der Waals surface area contributed by atoms with E-state index in [9.17, 15) is 9.59 Å². The molecule has 0 saturated carbocycles. The molecule has 0 aliphatic rings. The molecule has 1 aromatic heterocycles. The maximum atomic E-state index is 12.0. The summed E-state index contributed by atoms with van der Waals surface area (Å²) in [6, 6.07) is 10.7. The number of rotatable bonds is 7. The van der Waals surface area contributed by atoms with E-state index < -0.39 is 6.10 Å². The van der Waals surface area contributed by atoms with Crippen molar-refractivity contribution in [2.24, 2.45) is 0 Å². The van der Waals surface area contributed by atoms with Crippen LogP contribution in [0.15, 0.2) is 47.5 Å². The third kappa shape index (κ3) is 4.95. The molecule has 0 saturated heterocycles. The number of amides is 1. The Bertz CT molecular complexity index is 698. The molecule has 1 amide bonds. The largest absolute Gasteiger partial charge is 0.481 e. The summed E-state index contributed by atoms with van der Waals surface area (Å²) >= 11 is 0. The molecule has 1 atom stereocenters. The number of aromatic nitrogens is 2. The van der Waals surface area contributed by atoms with Crippen LogP contribution in [-0.2, 0) is 17.8 Å². The van der Waals surface area contributed by atoms with E-state index in [-0.39, 0.29) is 11.5 Å². The van der Waals surface area contributed by atoms with Crippen LogP contribution in [0.4, 0.5) is 0 Å². The van der Waals surface area contributed by atoms with E-state index in [4.69, 9.17) is 4.74 Å². The Morgan fingerprint density at radius 2 is 2.09 bits per heavy atom. The number of carbonyl (C=O) groups excluding carboxylic acids is 1. The molecule has 122 valence electrons. The van der Waals surface area contributed by atoms with Crippen LogP contribution in [0.3, 0.4) is 0 Å². The highest BCUT2D eigenvalue weighted by atomic mass is 16.5. The Morgan fingerprint density at radius 3 is 2.74 bits per heavy atom. The van der Waals surface area contributed by atoms with E-state index in [0.29, 0.717) is 18.8 Å². The van der Waals surface area contributed by atoms with Gasteiger partial charge in [-0.15, -0.1) is 0 Å². The molecule has 1 N–H and O–H groups in total. The number of nitrogens with zero attached hydrogens (tertiary/aromatic N) is 2. The first-order valence-electron chi connectivity index (χ1n) is 7.65. The molecule has 0 bridgehead atoms. The van der Waals surface area contributed by atoms with Crippen molar-refractivity contribution in [2.45, 2.75) is 32.9 Å². The molecule has 6 nitrogen and oxygen atoms in total. The van der Waals surface area contributed by atoms with Crippen LogP contribution >= 0.6 is 0 Å². The third-order valence-electron chi connectivity index (χ3n) is 3.38. The molecule has 6 heteroatoms. The number of nitrogens with one attached hydrogen (secondary N) is 1. The van der Waals surface area contributed by atoms with Crippen LogP contribution in [0.1, 0.15) is 19.5 Å². The summed E-state index contributed by atoms with van der Waals surface area (Å²) in [5, 5.41) is 2.76. The molecule has 2 aromatic rings. The molecule has 1 unspecified atom stereocenters. The second-order valence-electron chi connectivity index (χ2n) is 5.13. The highest BCUT2D eigenvalue weighted by Crippen LogP contribution is 2.10. The summed E-state index contributed by atoms with van der Waals surface area (Å²) in [6.45, 7) is 4.35. The predicted molar refractivity (Wildman–Crippen MR) is 87.4 cm³/mol. The van der Waals surface area contributed by atoms with E-state index in [1.807, 2.05) is 25.1 Å². The van der Waals surface area contributed by atoms with E-state index in [2.05, 4.69) is 10.3 Å². The van der Waals surface area contributed by atoms with Gasteiger partial charge in [0.15, 0.2) is 6.10 Å². The Kier molecular flexibility index (Phi) is 5.91. The lowest BCUT2D eigenvalue weighted by molar-refractivity contribution is -0.127. The molecule has 1 heterocycles. The topological polar surface area (TPSA) is 73.2 Å². The van der Waals surface area contributed by atoms with Crippen molar-refractivity contribution in [2.75, 3.05) is 6.54 Å². The number of para-hydroxylation sites is 1. The number of carbonyl (C=O) groups is 1. The first kappa shape index (κ1) is 16.7. The smallest absolute Gasteiger partial charge is 0.260 e.